The van der Waals surface area contributed by atoms with E-state index in [9.17, 15) is 14.7 Å². The van der Waals surface area contributed by atoms with E-state index in [0.717, 1.165) is 78.8 Å². The smallest absolute Gasteiger partial charge is 0.850 e. The van der Waals surface area contributed by atoms with Gasteiger partial charge in [0, 0.05) is 67.7 Å². The average molecular weight is 1020 g/mol. The number of piperidine rings is 2. The molecule has 0 aliphatic carbocycles. The molecule has 2 aliphatic heterocycles. The van der Waals surface area contributed by atoms with Crippen molar-refractivity contribution < 1.29 is 75.9 Å². The van der Waals surface area contributed by atoms with Crippen molar-refractivity contribution in [2.45, 2.75) is 105 Å². The molecule has 328 valence electrons. The molecule has 0 atom stereocenters. The van der Waals surface area contributed by atoms with Gasteiger partial charge < -0.3 is 35.4 Å². The number of aliphatic hydroxyl groups excluding tert-OH is 1. The second kappa shape index (κ2) is 27.4. The van der Waals surface area contributed by atoms with Crippen molar-refractivity contribution in [3.05, 3.63) is 85.3 Å². The molecule has 0 saturated carbocycles. The maximum absolute atomic E-state index is 12.0. The van der Waals surface area contributed by atoms with Gasteiger partial charge in [0.1, 0.15) is 11.9 Å². The van der Waals surface area contributed by atoms with Gasteiger partial charge in [0.05, 0.1) is 21.2 Å². The summed E-state index contributed by atoms with van der Waals surface area (Å²) < 4.78 is 7.43. The molecule has 0 unspecified atom stereocenters. The fourth-order valence-corrected chi connectivity index (χ4v) is 6.41. The van der Waals surface area contributed by atoms with Crippen LogP contribution >= 0.6 is 43.5 Å². The van der Waals surface area contributed by atoms with Crippen molar-refractivity contribution in [3.63, 3.8) is 0 Å². The number of aryl methyl sites for hydroxylation is 2. The first kappa shape index (κ1) is 55.2. The molecule has 2 aromatic heterocycles. The van der Waals surface area contributed by atoms with Crippen LogP contribution in [0.2, 0.25) is 5.28 Å². The molecule has 2 saturated heterocycles. The maximum atomic E-state index is 12.0. The standard InChI is InChI=1S/C20H25BrN4O2.C14H13BrClN3O.C6H13NO.C4H9O.K/c1-4-18(26)14-6-5-13(2)17(11-14)23-19-16(21)12-22-20(24-19)27-15-7-9-25(3)10-8-15;1-3-12(20)9-5-4-8(2)11(6-9)18-13-10(15)7-17-14(16)19-13;1-7-4-2-6(8)3-5-7;1-4(2,3)5;/h5-6,11-12,15H,4,7-10H2,1-3H3,(H,22,23,24);4-7H,3H2,1-2H3,(H,17,18,19);6,8H,2-5H2,1H3;1-3H3;/q;;;-1;+1. The SMILES string of the molecule is CC(C)(C)[O-].CCC(=O)c1ccc(C)c(Nc2nc(Cl)ncc2Br)c1.CCC(=O)c1ccc(C)c(Nc2nc(OC3CCN(C)CC3)ncc2Br)c1.CN1CCC(O)CC1.[K+]. The normalized spacial score (nSPS) is 14.7. The number of carbonyl (C=O) groups is 2. The average Bonchev–Trinajstić information content (AvgIpc) is 3.20. The number of anilines is 4. The minimum Gasteiger partial charge on any atom is -0.850 e. The number of rotatable bonds is 10. The zero-order valence-electron chi connectivity index (χ0n) is 37.2. The number of likely N-dealkylation sites (tertiary alicyclic amines) is 2. The van der Waals surface area contributed by atoms with Gasteiger partial charge in [-0.25, -0.2) is 9.97 Å². The van der Waals surface area contributed by atoms with Crippen molar-refractivity contribution in [2.24, 2.45) is 0 Å². The minimum atomic E-state index is -0.750. The second-order valence-corrected chi connectivity index (χ2v) is 17.9. The first-order chi connectivity index (χ1) is 28.3. The van der Waals surface area contributed by atoms with Crippen molar-refractivity contribution >= 4 is 78.0 Å². The van der Waals surface area contributed by atoms with E-state index in [1.165, 1.54) is 0 Å². The number of carbonyl (C=O) groups excluding carboxylic acids is 2. The molecule has 2 aromatic carbocycles. The molecule has 13 nitrogen and oxygen atoms in total. The summed E-state index contributed by atoms with van der Waals surface area (Å²) in [6, 6.07) is 11.6. The Labute approximate surface area is 426 Å². The number of hydrogen-bond donors (Lipinski definition) is 3. The largest absolute Gasteiger partial charge is 1.00 e. The van der Waals surface area contributed by atoms with Gasteiger partial charge in [0.15, 0.2) is 17.4 Å². The minimum absolute atomic E-state index is 0. The van der Waals surface area contributed by atoms with Crippen LogP contribution in [0.4, 0.5) is 23.0 Å². The van der Waals surface area contributed by atoms with Crippen LogP contribution < -0.4 is 71.9 Å². The third-order valence-electron chi connectivity index (χ3n) is 9.33. The Morgan fingerprint density at radius 1 is 0.803 bits per heavy atom. The van der Waals surface area contributed by atoms with E-state index in [2.05, 4.69) is 86.3 Å². The Kier molecular flexibility index (Phi) is 24.8. The van der Waals surface area contributed by atoms with Gasteiger partial charge in [0.2, 0.25) is 5.28 Å². The van der Waals surface area contributed by atoms with Gasteiger partial charge in [-0.05, 0) is 120 Å². The van der Waals surface area contributed by atoms with E-state index >= 15 is 0 Å². The Hall–Kier alpha value is -1.93. The summed E-state index contributed by atoms with van der Waals surface area (Å²) in [6.45, 7) is 16.7. The molecule has 0 bridgehead atoms. The summed E-state index contributed by atoms with van der Waals surface area (Å²) in [7, 11) is 4.21. The van der Waals surface area contributed by atoms with Gasteiger partial charge in [-0.3, -0.25) is 9.59 Å². The zero-order chi connectivity index (χ0) is 44.6. The summed E-state index contributed by atoms with van der Waals surface area (Å²) in [4.78, 5) is 45.1. The molecule has 2 aliphatic rings. The molecular formula is C44H60Br2ClKN8O5. The predicted molar refractivity (Wildman–Crippen MR) is 246 cm³/mol. The van der Waals surface area contributed by atoms with Gasteiger partial charge in [-0.1, -0.05) is 58.9 Å². The Morgan fingerprint density at radius 2 is 1.21 bits per heavy atom. The van der Waals surface area contributed by atoms with Crippen LogP contribution in [0.15, 0.2) is 57.7 Å². The third kappa shape index (κ3) is 20.6. The summed E-state index contributed by atoms with van der Waals surface area (Å²) in [5, 5.41) is 25.7. The number of nitrogens with one attached hydrogen (secondary N) is 2. The molecule has 4 heterocycles. The quantitative estimate of drug-likeness (QED) is 0.0946. The van der Waals surface area contributed by atoms with Crippen molar-refractivity contribution in [1.82, 2.24) is 29.7 Å². The van der Waals surface area contributed by atoms with Gasteiger partial charge in [-0.15, -0.1) is 5.60 Å². The molecule has 0 spiro atoms. The van der Waals surface area contributed by atoms with E-state index in [1.807, 2.05) is 64.1 Å². The van der Waals surface area contributed by atoms with E-state index in [4.69, 9.17) is 21.4 Å². The molecule has 2 fully saturated rings. The second-order valence-electron chi connectivity index (χ2n) is 15.8. The Morgan fingerprint density at radius 3 is 1.64 bits per heavy atom. The molecule has 4 aromatic rings. The maximum Gasteiger partial charge on any atom is 1.00 e. The van der Waals surface area contributed by atoms with Gasteiger partial charge in [-0.2, -0.15) is 9.97 Å². The van der Waals surface area contributed by atoms with Gasteiger partial charge in [0.25, 0.3) is 0 Å². The molecule has 17 heteroatoms. The van der Waals surface area contributed by atoms with E-state index < -0.39 is 5.60 Å². The first-order valence-electron chi connectivity index (χ1n) is 20.2. The number of aromatic nitrogens is 4. The molecule has 6 rings (SSSR count). The van der Waals surface area contributed by atoms with Crippen LogP contribution in [0.5, 0.6) is 6.01 Å². The van der Waals surface area contributed by atoms with Crippen LogP contribution in [-0.2, 0) is 0 Å². The molecule has 0 radical (unpaired) electrons. The van der Waals surface area contributed by atoms with Gasteiger partial charge >= 0.3 is 57.4 Å². The number of Topliss-reactive ketones (excluding diaryl/α,β-unsaturated/α-hetero) is 2. The number of benzene rings is 2. The van der Waals surface area contributed by atoms with Crippen LogP contribution in [-0.4, -0.2) is 104 Å². The third-order valence-corrected chi connectivity index (χ3v) is 10.7. The summed E-state index contributed by atoms with van der Waals surface area (Å²) in [5.41, 5.74) is 4.33. The topological polar surface area (TPSA) is 169 Å². The molecule has 61 heavy (non-hydrogen) atoms. The number of ketones is 2. The van der Waals surface area contributed by atoms with Crippen molar-refractivity contribution in [1.29, 1.82) is 0 Å². The summed E-state index contributed by atoms with van der Waals surface area (Å²) in [6.07, 6.45) is 8.20. The number of hydrogen-bond acceptors (Lipinski definition) is 13. The molecular weight excluding hydrogens is 955 g/mol. The predicted octanol–water partition coefficient (Wildman–Crippen LogP) is 6.12. The fourth-order valence-electron chi connectivity index (χ4n) is 5.70. The van der Waals surface area contributed by atoms with Crippen molar-refractivity contribution in [3.8, 4) is 6.01 Å². The Bertz CT molecular complexity index is 1990. The summed E-state index contributed by atoms with van der Waals surface area (Å²) in [5.74, 6) is 1.41. The van der Waals surface area contributed by atoms with Crippen LogP contribution in [0.1, 0.15) is 105 Å². The van der Waals surface area contributed by atoms with E-state index in [-0.39, 0.29) is 80.4 Å². The van der Waals surface area contributed by atoms with Crippen LogP contribution in [0, 0.1) is 13.8 Å². The summed E-state index contributed by atoms with van der Waals surface area (Å²) >= 11 is 12.6. The zero-order valence-corrected chi connectivity index (χ0v) is 44.3. The van der Waals surface area contributed by atoms with E-state index in [1.54, 1.807) is 33.2 Å². The monoisotopic (exact) mass is 1010 g/mol. The molecule has 0 amide bonds. The van der Waals surface area contributed by atoms with Crippen LogP contribution in [0.3, 0.4) is 0 Å². The Balaban J connectivity index is 0.000000328. The molecule has 3 N–H and O–H groups in total. The number of halogens is 3. The fraction of sp³-hybridized carbons (Fsp3) is 0.500. The first-order valence-corrected chi connectivity index (χ1v) is 22.2. The van der Waals surface area contributed by atoms with E-state index in [0.29, 0.717) is 46.1 Å². The number of ether oxygens (including phenoxy) is 1. The van der Waals surface area contributed by atoms with Crippen molar-refractivity contribution in [2.75, 3.05) is 50.9 Å². The number of nitrogens with zero attached hydrogens (tertiary/aromatic N) is 6. The number of aliphatic hydroxyl groups is 1. The van der Waals surface area contributed by atoms with Crippen LogP contribution in [0.25, 0.3) is 0 Å².